The Morgan fingerprint density at radius 3 is 2.43 bits per heavy atom. The van der Waals surface area contributed by atoms with E-state index < -0.39 is 64.4 Å². The summed E-state index contributed by atoms with van der Waals surface area (Å²) in [6.45, 7) is 1.83. The third-order valence-electron chi connectivity index (χ3n) is 8.11. The molecule has 0 saturated heterocycles. The van der Waals surface area contributed by atoms with Gasteiger partial charge in [0, 0.05) is 17.2 Å². The Hall–Kier alpha value is -3.76. The Labute approximate surface area is 212 Å². The van der Waals surface area contributed by atoms with Gasteiger partial charge in [-0.3, -0.25) is 33.9 Å². The Morgan fingerprint density at radius 1 is 1.11 bits per heavy atom. The van der Waals surface area contributed by atoms with Crippen LogP contribution in [0.5, 0.6) is 5.75 Å². The van der Waals surface area contributed by atoms with Crippen molar-refractivity contribution in [3.05, 3.63) is 47.2 Å². The van der Waals surface area contributed by atoms with Gasteiger partial charge in [-0.2, -0.15) is 0 Å². The number of phenols is 1. The van der Waals surface area contributed by atoms with Crippen LogP contribution in [0.4, 0.5) is 0 Å². The molecule has 192 valence electrons. The van der Waals surface area contributed by atoms with E-state index in [1.807, 2.05) is 19.1 Å². The van der Waals surface area contributed by atoms with E-state index in [0.29, 0.717) is 16.8 Å². The lowest BCUT2D eigenvalue weighted by Gasteiger charge is -2.52. The summed E-state index contributed by atoms with van der Waals surface area (Å²) in [4.78, 5) is 72.1. The number of aliphatic hydroxyl groups is 1. The summed E-state index contributed by atoms with van der Waals surface area (Å²) in [5.41, 5.74) is 5.06. The Bertz CT molecular complexity index is 1400. The quantitative estimate of drug-likeness (QED) is 0.495. The molecule has 2 saturated carbocycles. The van der Waals surface area contributed by atoms with E-state index in [1.54, 1.807) is 26.2 Å². The first-order valence-corrected chi connectivity index (χ1v) is 12.0. The van der Waals surface area contributed by atoms with Gasteiger partial charge < -0.3 is 15.9 Å². The van der Waals surface area contributed by atoms with Crippen molar-refractivity contribution in [2.75, 3.05) is 14.1 Å². The summed E-state index contributed by atoms with van der Waals surface area (Å²) in [7, 11) is 3.10. The summed E-state index contributed by atoms with van der Waals surface area (Å²) < 4.78 is 0. The molecular weight excluding hydrogens is 478 g/mol. The molecule has 4 N–H and O–H groups in total. The Morgan fingerprint density at radius 2 is 1.81 bits per heavy atom. The van der Waals surface area contributed by atoms with E-state index >= 15 is 0 Å². The van der Waals surface area contributed by atoms with Crippen molar-refractivity contribution in [1.82, 2.24) is 9.88 Å². The predicted molar refractivity (Wildman–Crippen MR) is 129 cm³/mol. The molecule has 3 aliphatic rings. The van der Waals surface area contributed by atoms with Gasteiger partial charge >= 0.3 is 0 Å². The number of nitrogens with two attached hydrogens (primary N) is 1. The maximum atomic E-state index is 13.8. The highest BCUT2D eigenvalue weighted by Crippen LogP contribution is 2.51. The van der Waals surface area contributed by atoms with Crippen molar-refractivity contribution in [3.8, 4) is 17.0 Å². The number of aryl methyl sites for hydroxylation is 1. The molecule has 1 aromatic heterocycles. The van der Waals surface area contributed by atoms with E-state index in [-0.39, 0.29) is 24.2 Å². The minimum absolute atomic E-state index is 0.000236. The number of aromatic hydroxyl groups is 1. The molecule has 2 aromatic rings. The normalized spacial score (nSPS) is 31.1. The molecular formula is C27H27N3O7. The van der Waals surface area contributed by atoms with Crippen LogP contribution in [0.3, 0.4) is 0 Å². The van der Waals surface area contributed by atoms with E-state index in [0.717, 1.165) is 5.69 Å². The van der Waals surface area contributed by atoms with Gasteiger partial charge in [-0.05, 0) is 69.6 Å². The SMILES string of the molecule is Cc1cccc(-c2ccc(O)c3c2C[C@@H]2C[C@@H]4C(N(C)C)C(=O)C(C(N)=O)C(=O)[C@@]4(O)C(=O)C2C3=O)n1. The fourth-order valence-electron chi connectivity index (χ4n) is 6.54. The first-order valence-electron chi connectivity index (χ1n) is 12.0. The average molecular weight is 506 g/mol. The molecule has 10 heteroatoms. The van der Waals surface area contributed by atoms with Crippen LogP contribution >= 0.6 is 0 Å². The van der Waals surface area contributed by atoms with Gasteiger partial charge in [-0.25, -0.2) is 0 Å². The first kappa shape index (κ1) is 24.9. The number of carbonyl (C=O) groups is 5. The number of benzene rings is 1. The fraction of sp³-hybridized carbons (Fsp3) is 0.407. The number of hydrogen-bond acceptors (Lipinski definition) is 9. The summed E-state index contributed by atoms with van der Waals surface area (Å²) in [6, 6.07) is 7.32. The maximum Gasteiger partial charge on any atom is 0.235 e. The zero-order chi connectivity index (χ0) is 27.0. The maximum absolute atomic E-state index is 13.8. The molecule has 3 unspecified atom stereocenters. The minimum Gasteiger partial charge on any atom is -0.507 e. The number of likely N-dealkylation sites (N-methyl/N-ethyl adjacent to an activating group) is 1. The monoisotopic (exact) mass is 505 g/mol. The number of carbonyl (C=O) groups excluding carboxylic acids is 5. The van der Waals surface area contributed by atoms with E-state index in [2.05, 4.69) is 4.98 Å². The topological polar surface area (TPSA) is 168 Å². The third kappa shape index (κ3) is 3.39. The van der Waals surface area contributed by atoms with E-state index in [9.17, 15) is 34.2 Å². The zero-order valence-electron chi connectivity index (χ0n) is 20.6. The molecule has 0 spiro atoms. The second-order valence-corrected chi connectivity index (χ2v) is 10.4. The van der Waals surface area contributed by atoms with Crippen LogP contribution in [0.1, 0.15) is 28.0 Å². The van der Waals surface area contributed by atoms with Crippen molar-refractivity contribution < 1.29 is 34.2 Å². The lowest BCUT2D eigenvalue weighted by Crippen LogP contribution is -2.74. The van der Waals surface area contributed by atoms with Crippen LogP contribution in [0.2, 0.25) is 0 Å². The highest BCUT2D eigenvalue weighted by Gasteiger charge is 2.69. The number of nitrogens with zero attached hydrogens (tertiary/aromatic N) is 2. The predicted octanol–water partition coefficient (Wildman–Crippen LogP) is 0.237. The summed E-state index contributed by atoms with van der Waals surface area (Å²) >= 11 is 0. The number of ketones is 4. The number of hydrogen-bond donors (Lipinski definition) is 3. The largest absolute Gasteiger partial charge is 0.507 e. The van der Waals surface area contributed by atoms with Crippen molar-refractivity contribution in [3.63, 3.8) is 0 Å². The van der Waals surface area contributed by atoms with Gasteiger partial charge in [-0.1, -0.05) is 6.07 Å². The standard InChI is InChI=1S/C27H27N3O7/c1-11-5-4-6-16(29-11)13-7-8-17(31)19-14(13)9-12-10-15-21(30(2)3)23(33)20(26(28)36)25(35)27(15,37)24(34)18(12)22(19)32/h4-8,12,15,18,20-21,31,37H,9-10H2,1-3H3,(H2,28,36)/t12-,15-,18?,20?,21?,27+/m1/s1. The second-order valence-electron chi connectivity index (χ2n) is 10.4. The number of fused-ring (bicyclic) bond motifs is 3. The zero-order valence-corrected chi connectivity index (χ0v) is 20.6. The number of amides is 1. The molecule has 1 amide bonds. The molecule has 37 heavy (non-hydrogen) atoms. The van der Waals surface area contributed by atoms with Crippen LogP contribution in [0.25, 0.3) is 11.3 Å². The number of phenolic OH excluding ortho intramolecular Hbond substituents is 1. The summed E-state index contributed by atoms with van der Waals surface area (Å²) in [5.74, 6) is -10.6. The Kier molecular flexibility index (Phi) is 5.65. The number of pyridine rings is 1. The van der Waals surface area contributed by atoms with Gasteiger partial charge in [0.1, 0.15) is 5.75 Å². The highest BCUT2D eigenvalue weighted by atomic mass is 16.3. The molecule has 10 nitrogen and oxygen atoms in total. The number of rotatable bonds is 3. The van der Waals surface area contributed by atoms with Crippen LogP contribution in [-0.4, -0.2) is 74.9 Å². The number of primary amides is 1. The van der Waals surface area contributed by atoms with E-state index in [1.165, 1.54) is 11.0 Å². The third-order valence-corrected chi connectivity index (χ3v) is 8.11. The molecule has 3 aliphatic carbocycles. The molecule has 1 heterocycles. The van der Waals surface area contributed by atoms with Crippen molar-refractivity contribution in [1.29, 1.82) is 0 Å². The average Bonchev–Trinajstić information content (AvgIpc) is 2.81. The molecule has 0 aliphatic heterocycles. The van der Waals surface area contributed by atoms with Crippen molar-refractivity contribution in [2.45, 2.75) is 31.4 Å². The van der Waals surface area contributed by atoms with Crippen molar-refractivity contribution in [2.24, 2.45) is 29.4 Å². The second kappa shape index (κ2) is 8.39. The van der Waals surface area contributed by atoms with Crippen LogP contribution in [0, 0.1) is 30.6 Å². The fourth-order valence-corrected chi connectivity index (χ4v) is 6.54. The van der Waals surface area contributed by atoms with Crippen LogP contribution in [-0.2, 0) is 25.6 Å². The van der Waals surface area contributed by atoms with Crippen LogP contribution in [0.15, 0.2) is 30.3 Å². The summed E-state index contributed by atoms with van der Waals surface area (Å²) in [6.07, 6.45) is 0.186. The van der Waals surface area contributed by atoms with Gasteiger partial charge in [0.05, 0.1) is 23.2 Å². The van der Waals surface area contributed by atoms with Gasteiger partial charge in [0.2, 0.25) is 5.91 Å². The molecule has 5 rings (SSSR count). The molecule has 0 radical (unpaired) electrons. The Balaban J connectivity index is 1.67. The van der Waals surface area contributed by atoms with Gasteiger partial charge in [0.25, 0.3) is 0 Å². The van der Waals surface area contributed by atoms with E-state index in [4.69, 9.17) is 5.73 Å². The highest BCUT2D eigenvalue weighted by molar-refractivity contribution is 6.32. The van der Waals surface area contributed by atoms with Gasteiger partial charge in [-0.15, -0.1) is 0 Å². The minimum atomic E-state index is -2.73. The smallest absolute Gasteiger partial charge is 0.235 e. The van der Waals surface area contributed by atoms with Crippen LogP contribution < -0.4 is 5.73 Å². The molecule has 2 fully saturated rings. The first-order chi connectivity index (χ1) is 17.4. The molecule has 1 aromatic carbocycles. The van der Waals surface area contributed by atoms with Crippen molar-refractivity contribution >= 4 is 29.0 Å². The lowest BCUT2D eigenvalue weighted by molar-refractivity contribution is -0.181. The van der Waals surface area contributed by atoms with Gasteiger partial charge in [0.15, 0.2) is 34.7 Å². The molecule has 0 bridgehead atoms. The summed E-state index contributed by atoms with van der Waals surface area (Å²) in [5, 5.41) is 22.3. The lowest BCUT2D eigenvalue weighted by atomic mass is 9.52. The number of Topliss-reactive ketones (excluding diaryl/α,β-unsaturated/α-hetero) is 4. The molecule has 6 atom stereocenters. The number of aromatic nitrogens is 1.